The van der Waals surface area contributed by atoms with Gasteiger partial charge in [-0.15, -0.1) is 0 Å². The van der Waals surface area contributed by atoms with Crippen molar-refractivity contribution in [3.8, 4) is 0 Å². The number of nitrogens with two attached hydrogens (primary N) is 1. The van der Waals surface area contributed by atoms with Gasteiger partial charge in [-0.3, -0.25) is 10.1 Å². The van der Waals surface area contributed by atoms with Crippen LogP contribution < -0.4 is 5.73 Å². The van der Waals surface area contributed by atoms with E-state index in [9.17, 15) is 18.5 Å². The molecular formula is C11H17N3O5S. The van der Waals surface area contributed by atoms with Gasteiger partial charge in [0.1, 0.15) is 0 Å². The molecule has 9 heteroatoms. The maximum atomic E-state index is 12.3. The lowest BCUT2D eigenvalue weighted by atomic mass is 10.3. The van der Waals surface area contributed by atoms with Gasteiger partial charge >= 0.3 is 0 Å². The number of hydrogen-bond donors (Lipinski definition) is 1. The Kier molecular flexibility index (Phi) is 6.02. The van der Waals surface area contributed by atoms with E-state index in [0.29, 0.717) is 13.2 Å². The standard InChI is InChI=1S/C11H17N3O5S/c1-13(7-9-19-8-6-12)20(17,18)11-5-3-2-4-10(11)14(15)16/h2-5H,6-9,12H2,1H3. The van der Waals surface area contributed by atoms with E-state index in [2.05, 4.69) is 0 Å². The Bertz CT molecular complexity index is 561. The highest BCUT2D eigenvalue weighted by molar-refractivity contribution is 7.89. The van der Waals surface area contributed by atoms with Gasteiger partial charge in [0.15, 0.2) is 4.90 Å². The zero-order valence-electron chi connectivity index (χ0n) is 11.1. The molecule has 0 radical (unpaired) electrons. The van der Waals surface area contributed by atoms with Gasteiger partial charge in [-0.25, -0.2) is 8.42 Å². The maximum absolute atomic E-state index is 12.3. The van der Waals surface area contributed by atoms with Crippen LogP contribution in [0.4, 0.5) is 5.69 Å². The molecule has 112 valence electrons. The molecule has 1 aromatic carbocycles. The minimum atomic E-state index is -3.92. The van der Waals surface area contributed by atoms with Crippen LogP contribution in [0.5, 0.6) is 0 Å². The van der Waals surface area contributed by atoms with Gasteiger partial charge in [-0.05, 0) is 6.07 Å². The predicted octanol–water partition coefficient (Wildman–Crippen LogP) is 0.191. The first-order valence-corrected chi connectivity index (χ1v) is 7.33. The fourth-order valence-electron chi connectivity index (χ4n) is 1.49. The third kappa shape index (κ3) is 3.97. The van der Waals surface area contributed by atoms with Crippen LogP contribution >= 0.6 is 0 Å². The second kappa shape index (κ2) is 7.29. The number of ether oxygens (including phenoxy) is 1. The summed E-state index contributed by atoms with van der Waals surface area (Å²) >= 11 is 0. The average molecular weight is 303 g/mol. The zero-order valence-corrected chi connectivity index (χ0v) is 11.9. The number of benzene rings is 1. The van der Waals surface area contributed by atoms with Crippen LogP contribution in [0.25, 0.3) is 0 Å². The molecule has 0 fully saturated rings. The molecule has 0 bridgehead atoms. The molecule has 8 nitrogen and oxygen atoms in total. The largest absolute Gasteiger partial charge is 0.379 e. The van der Waals surface area contributed by atoms with Gasteiger partial charge in [0.2, 0.25) is 10.0 Å². The van der Waals surface area contributed by atoms with Crippen LogP contribution in [0.3, 0.4) is 0 Å². The van der Waals surface area contributed by atoms with Crippen molar-refractivity contribution in [2.75, 3.05) is 33.4 Å². The predicted molar refractivity (Wildman–Crippen MR) is 72.8 cm³/mol. The van der Waals surface area contributed by atoms with E-state index >= 15 is 0 Å². The Morgan fingerprint density at radius 2 is 2.00 bits per heavy atom. The summed E-state index contributed by atoms with van der Waals surface area (Å²) in [5.74, 6) is 0. The topological polar surface area (TPSA) is 116 Å². The molecule has 0 atom stereocenters. The van der Waals surface area contributed by atoms with Gasteiger partial charge in [0.05, 0.1) is 18.1 Å². The number of nitro benzene ring substituents is 1. The lowest BCUT2D eigenvalue weighted by molar-refractivity contribution is -0.387. The van der Waals surface area contributed by atoms with Crippen LogP contribution in [0.15, 0.2) is 29.2 Å². The fourth-order valence-corrected chi connectivity index (χ4v) is 2.80. The van der Waals surface area contributed by atoms with E-state index in [1.807, 2.05) is 0 Å². The fraction of sp³-hybridized carbons (Fsp3) is 0.455. The average Bonchev–Trinajstić information content (AvgIpc) is 2.43. The zero-order chi connectivity index (χ0) is 15.2. The quantitative estimate of drug-likeness (QED) is 0.416. The summed E-state index contributed by atoms with van der Waals surface area (Å²) in [6, 6.07) is 5.23. The first-order valence-electron chi connectivity index (χ1n) is 5.89. The molecule has 0 unspecified atom stereocenters. The maximum Gasteiger partial charge on any atom is 0.289 e. The number of likely N-dealkylation sites (N-methyl/N-ethyl adjacent to an activating group) is 1. The number of para-hydroxylation sites is 1. The van der Waals surface area contributed by atoms with Crippen LogP contribution in [0.2, 0.25) is 0 Å². The highest BCUT2D eigenvalue weighted by Crippen LogP contribution is 2.25. The smallest absolute Gasteiger partial charge is 0.289 e. The molecule has 2 N–H and O–H groups in total. The molecule has 0 spiro atoms. The molecule has 0 heterocycles. The Morgan fingerprint density at radius 1 is 1.35 bits per heavy atom. The SMILES string of the molecule is CN(CCOCCN)S(=O)(=O)c1ccccc1[N+](=O)[O-]. The summed E-state index contributed by atoms with van der Waals surface area (Å²) in [4.78, 5) is 9.83. The first-order chi connectivity index (χ1) is 9.41. The highest BCUT2D eigenvalue weighted by atomic mass is 32.2. The Morgan fingerprint density at radius 3 is 2.60 bits per heavy atom. The molecule has 0 aliphatic carbocycles. The summed E-state index contributed by atoms with van der Waals surface area (Å²) < 4.78 is 30.6. The van der Waals surface area contributed by atoms with E-state index in [1.165, 1.54) is 25.2 Å². The van der Waals surface area contributed by atoms with Crippen molar-refractivity contribution in [2.24, 2.45) is 5.73 Å². The van der Waals surface area contributed by atoms with E-state index < -0.39 is 20.6 Å². The van der Waals surface area contributed by atoms with Crippen LogP contribution in [-0.2, 0) is 14.8 Å². The summed E-state index contributed by atoms with van der Waals surface area (Å²) in [5, 5.41) is 10.9. The van der Waals surface area contributed by atoms with Gasteiger partial charge in [-0.2, -0.15) is 4.31 Å². The number of nitro groups is 1. The Balaban J connectivity index is 2.90. The summed E-state index contributed by atoms with van der Waals surface area (Å²) in [6.07, 6.45) is 0. The van der Waals surface area contributed by atoms with E-state index in [4.69, 9.17) is 10.5 Å². The summed E-state index contributed by atoms with van der Waals surface area (Å²) in [6.45, 7) is 0.946. The lowest BCUT2D eigenvalue weighted by Gasteiger charge is -2.17. The van der Waals surface area contributed by atoms with E-state index in [1.54, 1.807) is 0 Å². The van der Waals surface area contributed by atoms with Gasteiger partial charge in [0.25, 0.3) is 5.69 Å². The van der Waals surface area contributed by atoms with Crippen LogP contribution in [-0.4, -0.2) is 51.0 Å². The molecular weight excluding hydrogens is 286 g/mol. The van der Waals surface area contributed by atoms with Crippen molar-refractivity contribution in [2.45, 2.75) is 4.90 Å². The third-order valence-corrected chi connectivity index (χ3v) is 4.47. The molecule has 20 heavy (non-hydrogen) atoms. The molecule has 0 saturated carbocycles. The monoisotopic (exact) mass is 303 g/mol. The lowest BCUT2D eigenvalue weighted by Crippen LogP contribution is -2.31. The summed E-state index contributed by atoms with van der Waals surface area (Å²) in [5.41, 5.74) is 4.80. The van der Waals surface area contributed by atoms with Crippen LogP contribution in [0, 0.1) is 10.1 Å². The molecule has 1 aromatic rings. The van der Waals surface area contributed by atoms with Crippen molar-refractivity contribution < 1.29 is 18.1 Å². The molecule has 1 rings (SSSR count). The normalized spacial score (nSPS) is 11.8. The van der Waals surface area contributed by atoms with Gasteiger partial charge < -0.3 is 10.5 Å². The Hall–Kier alpha value is -1.55. The number of nitrogens with zero attached hydrogens (tertiary/aromatic N) is 2. The third-order valence-electron chi connectivity index (χ3n) is 2.56. The Labute approximate surface area is 117 Å². The summed E-state index contributed by atoms with van der Waals surface area (Å²) in [7, 11) is -2.58. The number of hydrogen-bond acceptors (Lipinski definition) is 6. The van der Waals surface area contributed by atoms with Crippen molar-refractivity contribution in [3.63, 3.8) is 0 Å². The number of sulfonamides is 1. The molecule has 0 aliphatic rings. The van der Waals surface area contributed by atoms with Crippen molar-refractivity contribution in [1.29, 1.82) is 0 Å². The van der Waals surface area contributed by atoms with Crippen molar-refractivity contribution in [1.82, 2.24) is 4.31 Å². The van der Waals surface area contributed by atoms with Crippen molar-refractivity contribution >= 4 is 15.7 Å². The van der Waals surface area contributed by atoms with E-state index in [-0.39, 0.29) is 18.0 Å². The van der Waals surface area contributed by atoms with Gasteiger partial charge in [0, 0.05) is 26.2 Å². The van der Waals surface area contributed by atoms with Crippen LogP contribution in [0.1, 0.15) is 0 Å². The second-order valence-corrected chi connectivity index (χ2v) is 5.97. The number of rotatable bonds is 8. The molecule has 0 aliphatic heterocycles. The first kappa shape index (κ1) is 16.5. The van der Waals surface area contributed by atoms with Crippen molar-refractivity contribution in [3.05, 3.63) is 34.4 Å². The molecule has 0 aromatic heterocycles. The second-order valence-electron chi connectivity index (χ2n) is 3.95. The molecule has 0 amide bonds. The minimum Gasteiger partial charge on any atom is -0.379 e. The highest BCUT2D eigenvalue weighted by Gasteiger charge is 2.28. The minimum absolute atomic E-state index is 0.0916. The molecule has 0 saturated heterocycles. The van der Waals surface area contributed by atoms with E-state index in [0.717, 1.165) is 10.4 Å². The van der Waals surface area contributed by atoms with Gasteiger partial charge in [-0.1, -0.05) is 12.1 Å².